The van der Waals surface area contributed by atoms with Crippen molar-refractivity contribution in [1.29, 1.82) is 0 Å². The lowest BCUT2D eigenvalue weighted by Gasteiger charge is -2.23. The largest absolute Gasteiger partial charge is 0.497 e. The molecule has 0 unspecified atom stereocenters. The van der Waals surface area contributed by atoms with Crippen LogP contribution in [0.4, 0.5) is 0 Å². The lowest BCUT2D eigenvalue weighted by Crippen LogP contribution is -2.25. The average molecular weight is 661 g/mol. The van der Waals surface area contributed by atoms with Crippen LogP contribution in [-0.2, 0) is 13.1 Å². The van der Waals surface area contributed by atoms with E-state index >= 15 is 0 Å². The Balaban J connectivity index is 1.22. The molecule has 8 heteroatoms. The number of hydrogen-bond acceptors (Lipinski definition) is 6. The number of aromatic nitrogens is 4. The molecule has 0 aliphatic rings. The second kappa shape index (κ2) is 13.7. The molecule has 4 aromatic heterocycles. The van der Waals surface area contributed by atoms with Gasteiger partial charge in [-0.15, -0.1) is 0 Å². The summed E-state index contributed by atoms with van der Waals surface area (Å²) in [6.07, 6.45) is 1.94. The number of rotatable bonds is 12. The van der Waals surface area contributed by atoms with Crippen molar-refractivity contribution in [2.45, 2.75) is 25.9 Å². The molecule has 8 nitrogen and oxygen atoms in total. The fraction of sp³-hybridized carbons (Fsp3) is 0.190. The zero-order valence-electron chi connectivity index (χ0n) is 28.4. The molecule has 8 rings (SSSR count). The summed E-state index contributed by atoms with van der Waals surface area (Å²) >= 11 is 0. The highest BCUT2D eigenvalue weighted by Gasteiger charge is 2.19. The summed E-state index contributed by atoms with van der Waals surface area (Å²) in [4.78, 5) is 20.4. The zero-order chi connectivity index (χ0) is 34.0. The van der Waals surface area contributed by atoms with Crippen LogP contribution in [0.25, 0.3) is 66.1 Å². The van der Waals surface area contributed by atoms with Crippen molar-refractivity contribution in [1.82, 2.24) is 24.8 Å². The molecule has 0 radical (unpaired) electrons. The maximum Gasteiger partial charge on any atom is 0.118 e. The first-order chi connectivity index (χ1) is 24.6. The van der Waals surface area contributed by atoms with E-state index in [1.54, 1.807) is 14.2 Å². The topological polar surface area (TPSA) is 105 Å². The van der Waals surface area contributed by atoms with Gasteiger partial charge in [-0.3, -0.25) is 4.90 Å². The predicted octanol–water partition coefficient (Wildman–Crippen LogP) is 8.84. The van der Waals surface area contributed by atoms with Crippen molar-refractivity contribution in [3.05, 3.63) is 121 Å². The van der Waals surface area contributed by atoms with E-state index in [2.05, 4.69) is 99.8 Å². The number of nitrogens with two attached hydrogens (primary N) is 1. The van der Waals surface area contributed by atoms with Crippen LogP contribution in [0.1, 0.15) is 24.2 Å². The minimum Gasteiger partial charge on any atom is -0.497 e. The molecule has 250 valence electrons. The van der Waals surface area contributed by atoms with Crippen LogP contribution in [0.5, 0.6) is 11.5 Å². The maximum absolute atomic E-state index is 5.97. The van der Waals surface area contributed by atoms with E-state index < -0.39 is 0 Å². The van der Waals surface area contributed by atoms with Gasteiger partial charge < -0.3 is 25.2 Å². The lowest BCUT2D eigenvalue weighted by molar-refractivity contribution is 0.246. The number of unbranched alkanes of at least 4 members (excludes halogenated alkanes) is 1. The van der Waals surface area contributed by atoms with E-state index in [1.165, 1.54) is 21.5 Å². The van der Waals surface area contributed by atoms with Gasteiger partial charge in [-0.25, -0.2) is 9.97 Å². The number of pyridine rings is 2. The van der Waals surface area contributed by atoms with Gasteiger partial charge in [0.2, 0.25) is 0 Å². The summed E-state index contributed by atoms with van der Waals surface area (Å²) < 4.78 is 10.9. The molecule has 4 N–H and O–H groups in total. The van der Waals surface area contributed by atoms with Crippen molar-refractivity contribution in [2.24, 2.45) is 5.73 Å². The van der Waals surface area contributed by atoms with Gasteiger partial charge in [-0.2, -0.15) is 0 Å². The third-order valence-corrected chi connectivity index (χ3v) is 9.53. The Morgan fingerprint density at radius 2 is 1.04 bits per heavy atom. The Hall–Kier alpha value is -5.70. The molecule has 0 aliphatic carbocycles. The van der Waals surface area contributed by atoms with Gasteiger partial charge in [-0.1, -0.05) is 36.4 Å². The Morgan fingerprint density at radius 3 is 1.48 bits per heavy atom. The van der Waals surface area contributed by atoms with E-state index in [4.69, 9.17) is 25.2 Å². The second-order valence-corrected chi connectivity index (χ2v) is 12.8. The minimum absolute atomic E-state index is 0.661. The Morgan fingerprint density at radius 1 is 0.580 bits per heavy atom. The first-order valence-electron chi connectivity index (χ1n) is 17.1. The molecule has 0 saturated heterocycles. The number of para-hydroxylation sites is 2. The molecule has 0 saturated carbocycles. The van der Waals surface area contributed by atoms with Crippen molar-refractivity contribution < 1.29 is 9.47 Å². The van der Waals surface area contributed by atoms with Gasteiger partial charge >= 0.3 is 0 Å². The van der Waals surface area contributed by atoms with Crippen LogP contribution in [0.3, 0.4) is 0 Å². The number of benzene rings is 4. The summed E-state index contributed by atoms with van der Waals surface area (Å²) in [5.74, 6) is 1.63. The van der Waals surface area contributed by atoms with Crippen LogP contribution in [0.2, 0.25) is 0 Å². The van der Waals surface area contributed by atoms with Crippen molar-refractivity contribution in [3.8, 4) is 34.0 Å². The fourth-order valence-electron chi connectivity index (χ4n) is 7.03. The van der Waals surface area contributed by atoms with E-state index in [-0.39, 0.29) is 0 Å². The summed E-state index contributed by atoms with van der Waals surface area (Å²) in [7, 11) is 3.38. The van der Waals surface area contributed by atoms with Crippen LogP contribution >= 0.6 is 0 Å². The van der Waals surface area contributed by atoms with Crippen LogP contribution < -0.4 is 15.2 Å². The molecule has 0 atom stereocenters. The molecule has 0 amide bonds. The highest BCUT2D eigenvalue weighted by molar-refractivity contribution is 6.12. The van der Waals surface area contributed by atoms with E-state index in [0.717, 1.165) is 86.9 Å². The Bertz CT molecular complexity index is 2260. The number of hydrogen-bond donors (Lipinski definition) is 3. The first kappa shape index (κ1) is 31.6. The molecule has 0 fully saturated rings. The molecule has 4 aromatic carbocycles. The summed E-state index contributed by atoms with van der Waals surface area (Å²) in [5, 5.41) is 4.70. The number of aromatic amines is 2. The van der Waals surface area contributed by atoms with Gasteiger partial charge in [0.05, 0.1) is 48.0 Å². The number of nitrogens with one attached hydrogen (secondary N) is 2. The molecular formula is C42H40N6O2. The Labute approximate surface area is 290 Å². The number of methoxy groups -OCH3 is 2. The normalized spacial score (nSPS) is 11.8. The second-order valence-electron chi connectivity index (χ2n) is 12.8. The molecule has 0 aliphatic heterocycles. The van der Waals surface area contributed by atoms with Crippen molar-refractivity contribution >= 4 is 43.6 Å². The van der Waals surface area contributed by atoms with E-state index in [1.807, 2.05) is 24.3 Å². The molecular weight excluding hydrogens is 621 g/mol. The Kier molecular flexibility index (Phi) is 8.62. The van der Waals surface area contributed by atoms with Gasteiger partial charge in [0.15, 0.2) is 0 Å². The van der Waals surface area contributed by atoms with Crippen molar-refractivity contribution in [3.63, 3.8) is 0 Å². The molecule has 0 bridgehead atoms. The fourth-order valence-corrected chi connectivity index (χ4v) is 7.03. The number of ether oxygens (including phenoxy) is 2. The molecule has 8 aromatic rings. The van der Waals surface area contributed by atoms with Gasteiger partial charge in [0.1, 0.15) is 11.5 Å². The van der Waals surface area contributed by atoms with Gasteiger partial charge in [-0.05, 0) is 98.7 Å². The SMILES string of the molecule is COc1ccc(-c2nc(CN(CCCCN)Cc3cc4c([nH]c5ccccc54)c(-c4ccc(OC)cc4)n3)cc3c2[nH]c2ccccc23)cc1. The molecule has 4 heterocycles. The van der Waals surface area contributed by atoms with Crippen LogP contribution in [-0.4, -0.2) is 52.1 Å². The highest BCUT2D eigenvalue weighted by Crippen LogP contribution is 2.36. The summed E-state index contributed by atoms with van der Waals surface area (Å²) in [6, 6.07) is 37.7. The minimum atomic E-state index is 0.661. The monoisotopic (exact) mass is 660 g/mol. The average Bonchev–Trinajstić information content (AvgIpc) is 3.73. The highest BCUT2D eigenvalue weighted by atomic mass is 16.5. The predicted molar refractivity (Wildman–Crippen MR) is 204 cm³/mol. The van der Waals surface area contributed by atoms with E-state index in [0.29, 0.717) is 19.6 Å². The molecule has 50 heavy (non-hydrogen) atoms. The number of fused-ring (bicyclic) bond motifs is 6. The van der Waals surface area contributed by atoms with Gasteiger partial charge in [0.25, 0.3) is 0 Å². The summed E-state index contributed by atoms with van der Waals surface area (Å²) in [5.41, 5.74) is 16.2. The smallest absolute Gasteiger partial charge is 0.118 e. The first-order valence-corrected chi connectivity index (χ1v) is 17.1. The van der Waals surface area contributed by atoms with E-state index in [9.17, 15) is 0 Å². The third kappa shape index (κ3) is 6.04. The van der Waals surface area contributed by atoms with Gasteiger partial charge in [0, 0.05) is 56.8 Å². The zero-order valence-corrected chi connectivity index (χ0v) is 28.4. The third-order valence-electron chi connectivity index (χ3n) is 9.53. The standard InChI is InChI=1S/C42H40N6O2/c1-49-31-17-13-27(14-18-31)39-41-35(33-9-3-5-11-37(33)46-41)23-29(44-39)25-48(22-8-7-21-43)26-30-24-36-34-10-4-6-12-38(34)47-42(36)40(45-30)28-15-19-32(50-2)20-16-28/h3-6,9-20,23-24,46-47H,7-8,21-22,25-26,43H2,1-2H3. The summed E-state index contributed by atoms with van der Waals surface area (Å²) in [6.45, 7) is 2.85. The van der Waals surface area contributed by atoms with Crippen LogP contribution in [0.15, 0.2) is 109 Å². The van der Waals surface area contributed by atoms with Crippen LogP contribution in [0, 0.1) is 0 Å². The maximum atomic E-state index is 5.97. The molecule has 0 spiro atoms. The number of nitrogens with zero attached hydrogens (tertiary/aromatic N) is 3. The number of H-pyrrole nitrogens is 2. The van der Waals surface area contributed by atoms with Crippen molar-refractivity contribution in [2.75, 3.05) is 27.3 Å². The lowest BCUT2D eigenvalue weighted by atomic mass is 10.1. The quantitative estimate of drug-likeness (QED) is 0.113.